The molecule has 0 spiro atoms. The maximum Gasteiger partial charge on any atom is 0.330 e. The summed E-state index contributed by atoms with van der Waals surface area (Å²) in [6.45, 7) is 0. The fraction of sp³-hybridized carbons (Fsp3) is 0.167. The van der Waals surface area contributed by atoms with Gasteiger partial charge in [-0.25, -0.2) is 9.78 Å². The van der Waals surface area contributed by atoms with Crippen LogP contribution in [0.25, 0.3) is 6.08 Å². The predicted octanol–water partition coefficient (Wildman–Crippen LogP) is 0.753. The van der Waals surface area contributed by atoms with Gasteiger partial charge in [-0.3, -0.25) is 5.10 Å². The van der Waals surface area contributed by atoms with Crippen molar-refractivity contribution in [3.05, 3.63) is 16.6 Å². The summed E-state index contributed by atoms with van der Waals surface area (Å²) >= 11 is 3.08. The second-order valence-corrected chi connectivity index (χ2v) is 2.59. The Morgan fingerprint density at radius 3 is 3.00 bits per heavy atom. The molecule has 0 atom stereocenters. The number of hydrogen-bond acceptors (Lipinski definition) is 4. The van der Waals surface area contributed by atoms with Crippen LogP contribution in [-0.2, 0) is 9.53 Å². The van der Waals surface area contributed by atoms with Gasteiger partial charge in [0.25, 0.3) is 0 Å². The number of methoxy groups -OCH3 is 1. The van der Waals surface area contributed by atoms with Gasteiger partial charge in [-0.2, -0.15) is 5.10 Å². The Bertz CT molecular complexity index is 307. The maximum atomic E-state index is 10.6. The number of carbonyl (C=O) groups is 1. The average molecular weight is 232 g/mol. The molecule has 1 aromatic heterocycles. The molecule has 1 aromatic rings. The van der Waals surface area contributed by atoms with Crippen LogP contribution in [0.3, 0.4) is 0 Å². The molecule has 0 fully saturated rings. The van der Waals surface area contributed by atoms with E-state index in [0.29, 0.717) is 10.6 Å². The number of rotatable bonds is 2. The lowest BCUT2D eigenvalue weighted by Gasteiger charge is -1.86. The number of nitrogens with zero attached hydrogens (tertiary/aromatic N) is 2. The van der Waals surface area contributed by atoms with Gasteiger partial charge in [0, 0.05) is 6.08 Å². The Labute approximate surface area is 77.0 Å². The summed E-state index contributed by atoms with van der Waals surface area (Å²) in [5.74, 6) is -0.0109. The Balaban J connectivity index is 2.63. The number of carbonyl (C=O) groups excluding carboxylic acids is 1. The topological polar surface area (TPSA) is 67.9 Å². The van der Waals surface area contributed by atoms with E-state index in [0.717, 1.165) is 0 Å². The molecule has 0 amide bonds. The third-order valence-electron chi connectivity index (χ3n) is 1.05. The molecule has 0 saturated carbocycles. The van der Waals surface area contributed by atoms with E-state index in [-0.39, 0.29) is 0 Å². The molecule has 0 aromatic carbocycles. The van der Waals surface area contributed by atoms with Gasteiger partial charge < -0.3 is 4.74 Å². The summed E-state index contributed by atoms with van der Waals surface area (Å²) in [7, 11) is 1.31. The third kappa shape index (κ3) is 2.46. The molecule has 0 aliphatic rings. The highest BCUT2D eigenvalue weighted by molar-refractivity contribution is 9.10. The van der Waals surface area contributed by atoms with Crippen molar-refractivity contribution in [2.45, 2.75) is 0 Å². The molecule has 1 rings (SSSR count). The quantitative estimate of drug-likeness (QED) is 0.603. The molecule has 0 bridgehead atoms. The zero-order valence-electron chi connectivity index (χ0n) is 6.24. The standard InChI is InChI=1S/C6H6BrN3O2/c1-12-5(11)3-2-4-8-6(7)10-9-4/h2-3H,1H3,(H,8,9,10)/b3-2-. The van der Waals surface area contributed by atoms with Gasteiger partial charge >= 0.3 is 5.97 Å². The highest BCUT2D eigenvalue weighted by atomic mass is 79.9. The Hall–Kier alpha value is -1.17. The second kappa shape index (κ2) is 4.01. The number of esters is 1. The van der Waals surface area contributed by atoms with Crippen LogP contribution >= 0.6 is 15.9 Å². The molecule has 0 saturated heterocycles. The van der Waals surface area contributed by atoms with Crippen molar-refractivity contribution in [2.24, 2.45) is 0 Å². The number of aromatic nitrogens is 3. The predicted molar refractivity (Wildman–Crippen MR) is 45.1 cm³/mol. The first-order chi connectivity index (χ1) is 5.72. The maximum absolute atomic E-state index is 10.6. The van der Waals surface area contributed by atoms with E-state index >= 15 is 0 Å². The number of nitrogens with one attached hydrogen (secondary N) is 1. The molecule has 6 heteroatoms. The summed E-state index contributed by atoms with van der Waals surface area (Å²) in [5.41, 5.74) is 0. The van der Waals surface area contributed by atoms with E-state index in [1.807, 2.05) is 0 Å². The molecule has 1 heterocycles. The van der Waals surface area contributed by atoms with E-state index in [1.54, 1.807) is 0 Å². The largest absolute Gasteiger partial charge is 0.466 e. The lowest BCUT2D eigenvalue weighted by atomic mass is 10.5. The van der Waals surface area contributed by atoms with Gasteiger partial charge in [-0.15, -0.1) is 0 Å². The van der Waals surface area contributed by atoms with Gasteiger partial charge in [0.15, 0.2) is 10.6 Å². The third-order valence-corrected chi connectivity index (χ3v) is 1.40. The molecule has 0 unspecified atom stereocenters. The zero-order valence-corrected chi connectivity index (χ0v) is 7.83. The van der Waals surface area contributed by atoms with Crippen LogP contribution in [0.2, 0.25) is 0 Å². The summed E-state index contributed by atoms with van der Waals surface area (Å²) in [6, 6.07) is 0. The molecule has 1 N–H and O–H groups in total. The molecule has 12 heavy (non-hydrogen) atoms. The minimum Gasteiger partial charge on any atom is -0.466 e. The number of aromatic amines is 1. The monoisotopic (exact) mass is 231 g/mol. The Morgan fingerprint density at radius 2 is 2.50 bits per heavy atom. The number of H-pyrrole nitrogens is 1. The van der Waals surface area contributed by atoms with Crippen molar-refractivity contribution in [2.75, 3.05) is 7.11 Å². The normalized spacial score (nSPS) is 10.5. The van der Waals surface area contributed by atoms with Gasteiger partial charge in [-0.05, 0) is 22.0 Å². The highest BCUT2D eigenvalue weighted by Crippen LogP contribution is 2.01. The fourth-order valence-corrected chi connectivity index (χ4v) is 0.809. The number of halogens is 1. The van der Waals surface area contributed by atoms with E-state index in [9.17, 15) is 4.79 Å². The summed E-state index contributed by atoms with van der Waals surface area (Å²) in [5, 5.41) is 6.31. The molecular formula is C6H6BrN3O2. The molecule has 0 aliphatic heterocycles. The van der Waals surface area contributed by atoms with Crippen molar-refractivity contribution < 1.29 is 9.53 Å². The molecular weight excluding hydrogens is 226 g/mol. The first-order valence-corrected chi connectivity index (χ1v) is 3.85. The van der Waals surface area contributed by atoms with Crippen molar-refractivity contribution in [3.8, 4) is 0 Å². The van der Waals surface area contributed by atoms with Crippen LogP contribution in [0.4, 0.5) is 0 Å². The molecule has 64 valence electrons. The molecule has 0 aliphatic carbocycles. The highest BCUT2D eigenvalue weighted by Gasteiger charge is 1.96. The zero-order chi connectivity index (χ0) is 8.97. The summed E-state index contributed by atoms with van der Waals surface area (Å²) in [4.78, 5) is 14.5. The van der Waals surface area contributed by atoms with Crippen molar-refractivity contribution in [3.63, 3.8) is 0 Å². The second-order valence-electron chi connectivity index (χ2n) is 1.84. The lowest BCUT2D eigenvalue weighted by molar-refractivity contribution is -0.134. The number of ether oxygens (including phenoxy) is 1. The minimum atomic E-state index is -0.434. The van der Waals surface area contributed by atoms with Crippen LogP contribution in [0.1, 0.15) is 5.82 Å². The van der Waals surface area contributed by atoms with Crippen LogP contribution < -0.4 is 0 Å². The van der Waals surface area contributed by atoms with E-state index in [2.05, 4.69) is 35.8 Å². The van der Waals surface area contributed by atoms with Crippen LogP contribution in [0.5, 0.6) is 0 Å². The molecule has 0 radical (unpaired) electrons. The first-order valence-electron chi connectivity index (χ1n) is 3.06. The number of hydrogen-bond donors (Lipinski definition) is 1. The van der Waals surface area contributed by atoms with Crippen LogP contribution in [0.15, 0.2) is 10.8 Å². The summed E-state index contributed by atoms with van der Waals surface area (Å²) in [6.07, 6.45) is 2.70. The average Bonchev–Trinajstić information content (AvgIpc) is 2.47. The van der Waals surface area contributed by atoms with Crippen LogP contribution in [-0.4, -0.2) is 28.3 Å². The van der Waals surface area contributed by atoms with Crippen molar-refractivity contribution in [1.82, 2.24) is 15.2 Å². The van der Waals surface area contributed by atoms with E-state index < -0.39 is 5.97 Å². The van der Waals surface area contributed by atoms with Gasteiger partial charge in [0.2, 0.25) is 0 Å². The smallest absolute Gasteiger partial charge is 0.330 e. The first kappa shape index (κ1) is 8.92. The SMILES string of the molecule is COC(=O)/C=C\c1n[nH]c(Br)n1. The van der Waals surface area contributed by atoms with Gasteiger partial charge in [0.05, 0.1) is 7.11 Å². The Kier molecular flexibility index (Phi) is 2.98. The summed E-state index contributed by atoms with van der Waals surface area (Å²) < 4.78 is 4.90. The van der Waals surface area contributed by atoms with Crippen LogP contribution in [0, 0.1) is 0 Å². The van der Waals surface area contributed by atoms with Gasteiger partial charge in [-0.1, -0.05) is 0 Å². The van der Waals surface area contributed by atoms with E-state index in [4.69, 9.17) is 0 Å². The molecule has 5 nitrogen and oxygen atoms in total. The Morgan fingerprint density at radius 1 is 1.75 bits per heavy atom. The van der Waals surface area contributed by atoms with E-state index in [1.165, 1.54) is 19.3 Å². The van der Waals surface area contributed by atoms with Gasteiger partial charge in [0.1, 0.15) is 0 Å². The van der Waals surface area contributed by atoms with Crippen molar-refractivity contribution >= 4 is 28.0 Å². The fourth-order valence-electron chi connectivity index (χ4n) is 0.539. The van der Waals surface area contributed by atoms with Crippen molar-refractivity contribution in [1.29, 1.82) is 0 Å². The minimum absolute atomic E-state index is 0.423. The lowest BCUT2D eigenvalue weighted by Crippen LogP contribution is -1.93.